The number of para-hydroxylation sites is 1. The molecule has 0 fully saturated rings. The van der Waals surface area contributed by atoms with Gasteiger partial charge in [0.1, 0.15) is 5.57 Å². The summed E-state index contributed by atoms with van der Waals surface area (Å²) in [5.41, 5.74) is 3.56. The molecular weight excluding hydrogens is 356 g/mol. The third-order valence-electron chi connectivity index (χ3n) is 3.17. The Kier molecular flexibility index (Phi) is 5.52. The molecule has 0 aliphatic carbocycles. The molecule has 0 aliphatic heterocycles. The van der Waals surface area contributed by atoms with Crippen LogP contribution in [0, 0.1) is 0 Å². The van der Waals surface area contributed by atoms with Crippen LogP contribution in [0.2, 0.25) is 0 Å². The molecule has 0 aromatic heterocycles. The Balaban J connectivity index is 2.16. The van der Waals surface area contributed by atoms with Crippen molar-refractivity contribution in [2.24, 2.45) is 0 Å². The summed E-state index contributed by atoms with van der Waals surface area (Å²) in [7, 11) is 1.60. The number of nitrogens with zero attached hydrogens (tertiary/aromatic N) is 1. The molecule has 2 aromatic rings. The summed E-state index contributed by atoms with van der Waals surface area (Å²) in [5.74, 6) is -1.02. The normalized spacial score (nSPS) is 9.65. The highest BCUT2D eigenvalue weighted by Crippen LogP contribution is 2.19. The van der Waals surface area contributed by atoms with Crippen molar-refractivity contribution >= 4 is 39.1 Å². The number of carbonyl (C=O) groups is 2. The second-order valence-corrected chi connectivity index (χ2v) is 5.63. The number of benzene rings is 2. The van der Waals surface area contributed by atoms with Crippen molar-refractivity contribution < 1.29 is 9.59 Å². The Morgan fingerprint density at radius 1 is 1.09 bits per heavy atom. The molecule has 0 heterocycles. The zero-order chi connectivity index (χ0) is 16.8. The van der Waals surface area contributed by atoms with Gasteiger partial charge in [0.25, 0.3) is 11.8 Å². The summed E-state index contributed by atoms with van der Waals surface area (Å²) >= 11 is 3.34. The van der Waals surface area contributed by atoms with Gasteiger partial charge in [-0.3, -0.25) is 9.59 Å². The van der Waals surface area contributed by atoms with E-state index >= 15 is 0 Å². The average Bonchev–Trinajstić information content (AvgIpc) is 2.56. The zero-order valence-electron chi connectivity index (χ0n) is 12.5. The predicted octanol–water partition coefficient (Wildman–Crippen LogP) is 3.76. The standard InChI is InChI=1S/C18H15BrN2O2/c1-3-16(17(22)20-14-7-5-4-6-8-14)18(23)21(2)15-11-9-13(19)10-12-15/h4-12H,1H2,2H3,(H,20,22). The first-order chi connectivity index (χ1) is 11.0. The summed E-state index contributed by atoms with van der Waals surface area (Å²) in [6, 6.07) is 16.1. The lowest BCUT2D eigenvalue weighted by Crippen LogP contribution is -2.32. The van der Waals surface area contributed by atoms with Crippen LogP contribution < -0.4 is 10.2 Å². The van der Waals surface area contributed by atoms with Crippen LogP contribution in [0.15, 0.2) is 77.0 Å². The number of likely N-dealkylation sites (N-methyl/N-ethyl adjacent to an activating group) is 1. The molecule has 2 amide bonds. The molecule has 0 saturated carbocycles. The number of hydrogen-bond acceptors (Lipinski definition) is 2. The van der Waals surface area contributed by atoms with Crippen LogP contribution in [0.1, 0.15) is 0 Å². The van der Waals surface area contributed by atoms with Crippen molar-refractivity contribution in [3.63, 3.8) is 0 Å². The van der Waals surface area contributed by atoms with Crippen LogP contribution in [0.5, 0.6) is 0 Å². The molecule has 2 aromatic carbocycles. The van der Waals surface area contributed by atoms with Crippen LogP contribution in [0.3, 0.4) is 0 Å². The lowest BCUT2D eigenvalue weighted by Gasteiger charge is -2.18. The van der Waals surface area contributed by atoms with Gasteiger partial charge < -0.3 is 10.2 Å². The van der Waals surface area contributed by atoms with Crippen molar-refractivity contribution in [1.29, 1.82) is 0 Å². The fourth-order valence-corrected chi connectivity index (χ4v) is 2.18. The minimum absolute atomic E-state index is 0.140. The molecule has 0 atom stereocenters. The Morgan fingerprint density at radius 3 is 2.26 bits per heavy atom. The Morgan fingerprint density at radius 2 is 1.70 bits per heavy atom. The van der Waals surface area contributed by atoms with Gasteiger partial charge in [0.05, 0.1) is 0 Å². The Bertz CT molecular complexity index is 763. The van der Waals surface area contributed by atoms with Crippen LogP contribution in [0.25, 0.3) is 0 Å². The fraction of sp³-hybridized carbons (Fsp3) is 0.0556. The Hall–Kier alpha value is -2.62. The lowest BCUT2D eigenvalue weighted by atomic mass is 10.2. The van der Waals surface area contributed by atoms with Crippen molar-refractivity contribution in [3.05, 3.63) is 77.0 Å². The molecule has 1 N–H and O–H groups in total. The van der Waals surface area contributed by atoms with Crippen LogP contribution in [-0.4, -0.2) is 18.9 Å². The fourth-order valence-electron chi connectivity index (χ4n) is 1.92. The summed E-state index contributed by atoms with van der Waals surface area (Å²) in [6.07, 6.45) is 0. The first-order valence-corrected chi connectivity index (χ1v) is 7.62. The highest BCUT2D eigenvalue weighted by Gasteiger charge is 2.22. The number of anilines is 2. The van der Waals surface area contributed by atoms with E-state index in [1.54, 1.807) is 43.4 Å². The van der Waals surface area contributed by atoms with E-state index in [2.05, 4.69) is 33.6 Å². The molecule has 2 rings (SSSR count). The third kappa shape index (κ3) is 4.19. The van der Waals surface area contributed by atoms with Gasteiger partial charge in [0, 0.05) is 22.9 Å². The topological polar surface area (TPSA) is 49.4 Å². The van der Waals surface area contributed by atoms with Crippen LogP contribution in [-0.2, 0) is 9.59 Å². The molecule has 0 bridgehead atoms. The molecular formula is C18H15BrN2O2. The smallest absolute Gasteiger partial charge is 0.271 e. The van der Waals surface area contributed by atoms with Gasteiger partial charge in [0.2, 0.25) is 0 Å². The Labute approximate surface area is 143 Å². The molecule has 23 heavy (non-hydrogen) atoms. The van der Waals surface area contributed by atoms with E-state index in [9.17, 15) is 9.59 Å². The third-order valence-corrected chi connectivity index (χ3v) is 3.70. The van der Waals surface area contributed by atoms with Gasteiger partial charge in [-0.25, -0.2) is 0 Å². The predicted molar refractivity (Wildman–Crippen MR) is 95.3 cm³/mol. The van der Waals surface area contributed by atoms with Gasteiger partial charge in [-0.1, -0.05) is 40.7 Å². The molecule has 0 spiro atoms. The maximum atomic E-state index is 12.5. The van der Waals surface area contributed by atoms with Gasteiger partial charge in [-0.2, -0.15) is 0 Å². The van der Waals surface area contributed by atoms with Gasteiger partial charge in [-0.05, 0) is 36.4 Å². The number of rotatable bonds is 4. The lowest BCUT2D eigenvalue weighted by molar-refractivity contribution is -0.119. The second kappa shape index (κ2) is 7.58. The summed E-state index contributed by atoms with van der Waals surface area (Å²) in [5, 5.41) is 2.66. The van der Waals surface area contributed by atoms with E-state index in [1.165, 1.54) is 4.90 Å². The SMILES string of the molecule is C=C=C(C(=O)Nc1ccccc1)C(=O)N(C)c1ccc(Br)cc1. The second-order valence-electron chi connectivity index (χ2n) is 4.71. The number of carbonyl (C=O) groups excluding carboxylic acids is 2. The average molecular weight is 371 g/mol. The van der Waals surface area contributed by atoms with E-state index in [-0.39, 0.29) is 5.57 Å². The molecule has 116 valence electrons. The molecule has 0 unspecified atom stereocenters. The van der Waals surface area contributed by atoms with E-state index < -0.39 is 11.8 Å². The van der Waals surface area contributed by atoms with E-state index in [4.69, 9.17) is 0 Å². The molecule has 0 aliphatic rings. The van der Waals surface area contributed by atoms with Gasteiger partial charge >= 0.3 is 0 Å². The minimum atomic E-state index is -0.542. The maximum Gasteiger partial charge on any atom is 0.271 e. The summed E-state index contributed by atoms with van der Waals surface area (Å²) in [6.45, 7) is 3.46. The first-order valence-electron chi connectivity index (χ1n) is 6.83. The monoisotopic (exact) mass is 370 g/mol. The molecule has 0 radical (unpaired) electrons. The highest BCUT2D eigenvalue weighted by molar-refractivity contribution is 9.10. The zero-order valence-corrected chi connectivity index (χ0v) is 14.1. The van der Waals surface area contributed by atoms with Crippen molar-refractivity contribution in [3.8, 4) is 0 Å². The number of hydrogen-bond donors (Lipinski definition) is 1. The molecule has 4 nitrogen and oxygen atoms in total. The minimum Gasteiger partial charge on any atom is -0.321 e. The van der Waals surface area contributed by atoms with Crippen molar-refractivity contribution in [2.75, 3.05) is 17.3 Å². The van der Waals surface area contributed by atoms with Crippen molar-refractivity contribution in [1.82, 2.24) is 0 Å². The highest BCUT2D eigenvalue weighted by atomic mass is 79.9. The number of amides is 2. The quantitative estimate of drug-likeness (QED) is 0.385. The largest absolute Gasteiger partial charge is 0.321 e. The summed E-state index contributed by atoms with van der Waals surface area (Å²) < 4.78 is 0.906. The maximum absolute atomic E-state index is 12.5. The van der Waals surface area contributed by atoms with E-state index in [0.717, 1.165) is 4.47 Å². The number of nitrogens with one attached hydrogen (secondary N) is 1. The first kappa shape index (κ1) is 16.7. The summed E-state index contributed by atoms with van der Waals surface area (Å²) in [4.78, 5) is 26.2. The van der Waals surface area contributed by atoms with Gasteiger partial charge in [-0.15, -0.1) is 5.73 Å². The van der Waals surface area contributed by atoms with E-state index in [1.807, 2.05) is 18.2 Å². The van der Waals surface area contributed by atoms with Crippen LogP contribution >= 0.6 is 15.9 Å². The molecule has 5 heteroatoms. The van der Waals surface area contributed by atoms with Crippen LogP contribution in [0.4, 0.5) is 11.4 Å². The number of halogens is 1. The molecule has 0 saturated heterocycles. The van der Waals surface area contributed by atoms with E-state index in [0.29, 0.717) is 11.4 Å². The van der Waals surface area contributed by atoms with Gasteiger partial charge in [0.15, 0.2) is 0 Å². The van der Waals surface area contributed by atoms with Crippen molar-refractivity contribution in [2.45, 2.75) is 0 Å².